The number of rotatable bonds is 3. The van der Waals surface area contributed by atoms with Gasteiger partial charge in [-0.3, -0.25) is 9.69 Å². The van der Waals surface area contributed by atoms with E-state index in [1.165, 1.54) is 5.56 Å². The molecule has 3 unspecified atom stereocenters. The molecule has 1 amide bonds. The highest BCUT2D eigenvalue weighted by atomic mass is 16.6. The van der Waals surface area contributed by atoms with Crippen molar-refractivity contribution in [2.45, 2.75) is 24.8 Å². The minimum atomic E-state index is 0.152. The lowest BCUT2D eigenvalue weighted by Gasteiger charge is -2.32. The van der Waals surface area contributed by atoms with Gasteiger partial charge in [0.25, 0.3) is 0 Å². The summed E-state index contributed by atoms with van der Waals surface area (Å²) in [6.45, 7) is 7.39. The minimum absolute atomic E-state index is 0.152. The molecular weight excluding hydrogens is 330 g/mol. The third-order valence-electron chi connectivity index (χ3n) is 6.25. The first-order chi connectivity index (χ1) is 12.8. The van der Waals surface area contributed by atoms with Gasteiger partial charge in [-0.2, -0.15) is 0 Å². The highest BCUT2D eigenvalue weighted by Gasteiger charge is 2.47. The summed E-state index contributed by atoms with van der Waals surface area (Å²) < 4.78 is 11.3. The summed E-state index contributed by atoms with van der Waals surface area (Å²) in [5.41, 5.74) is 1.21. The number of hydrogen-bond acceptors (Lipinski definition) is 5. The van der Waals surface area contributed by atoms with Crippen LogP contribution in [-0.4, -0.2) is 74.2 Å². The average Bonchev–Trinajstić information content (AvgIpc) is 3.35. The van der Waals surface area contributed by atoms with E-state index in [1.54, 1.807) is 0 Å². The molecule has 1 aromatic carbocycles. The Hall–Kier alpha value is -1.79. The Bertz CT molecular complexity index is 689. The molecule has 26 heavy (non-hydrogen) atoms. The van der Waals surface area contributed by atoms with Crippen LogP contribution in [-0.2, 0) is 4.79 Å². The zero-order chi connectivity index (χ0) is 17.5. The van der Waals surface area contributed by atoms with Crippen LogP contribution in [0.25, 0.3) is 0 Å². The van der Waals surface area contributed by atoms with E-state index in [0.717, 1.165) is 63.6 Å². The van der Waals surface area contributed by atoms with Crippen molar-refractivity contribution in [2.75, 3.05) is 52.5 Å². The lowest BCUT2D eigenvalue weighted by molar-refractivity contribution is -0.131. The highest BCUT2D eigenvalue weighted by Crippen LogP contribution is 2.50. The van der Waals surface area contributed by atoms with E-state index < -0.39 is 0 Å². The largest absolute Gasteiger partial charge is 0.486 e. The second kappa shape index (κ2) is 6.74. The van der Waals surface area contributed by atoms with Gasteiger partial charge in [-0.1, -0.05) is 6.07 Å². The van der Waals surface area contributed by atoms with Gasteiger partial charge in [-0.15, -0.1) is 0 Å². The fraction of sp³-hybridized carbons (Fsp3) is 0.650. The van der Waals surface area contributed by atoms with Crippen molar-refractivity contribution in [3.63, 3.8) is 0 Å². The molecule has 4 aliphatic rings. The van der Waals surface area contributed by atoms with Crippen molar-refractivity contribution >= 4 is 5.91 Å². The van der Waals surface area contributed by atoms with Crippen molar-refractivity contribution in [3.05, 3.63) is 23.8 Å². The Morgan fingerprint density at radius 1 is 1.08 bits per heavy atom. The number of amides is 1. The lowest BCUT2D eigenvalue weighted by atomic mass is 10.1. The Morgan fingerprint density at radius 2 is 1.88 bits per heavy atom. The predicted molar refractivity (Wildman–Crippen MR) is 97.7 cm³/mol. The Balaban J connectivity index is 1.20. The highest BCUT2D eigenvalue weighted by molar-refractivity contribution is 5.83. The molecule has 1 N–H and O–H groups in total. The Labute approximate surface area is 154 Å². The summed E-state index contributed by atoms with van der Waals surface area (Å²) in [7, 11) is 0. The zero-order valence-corrected chi connectivity index (χ0v) is 15.2. The molecule has 2 saturated heterocycles. The lowest BCUT2D eigenvalue weighted by Crippen LogP contribution is -2.49. The monoisotopic (exact) mass is 357 g/mol. The predicted octanol–water partition coefficient (Wildman–Crippen LogP) is 1.07. The number of carbonyl (C=O) groups is 1. The molecule has 5 rings (SSSR count). The summed E-state index contributed by atoms with van der Waals surface area (Å²) in [6.07, 6.45) is 2.08. The number of fused-ring (bicyclic) bond motifs is 1. The number of hydrogen-bond donors (Lipinski definition) is 1. The second-order valence-electron chi connectivity index (χ2n) is 7.86. The average molecular weight is 357 g/mol. The van der Waals surface area contributed by atoms with Crippen LogP contribution in [0, 0.1) is 5.92 Å². The van der Waals surface area contributed by atoms with Crippen molar-refractivity contribution < 1.29 is 14.3 Å². The number of ether oxygens (including phenoxy) is 2. The molecule has 3 aliphatic heterocycles. The first-order valence-electron chi connectivity index (χ1n) is 9.93. The van der Waals surface area contributed by atoms with Crippen LogP contribution in [0.2, 0.25) is 0 Å². The van der Waals surface area contributed by atoms with Crippen LogP contribution >= 0.6 is 0 Å². The first-order valence-corrected chi connectivity index (χ1v) is 9.93. The third kappa shape index (κ3) is 3.05. The zero-order valence-electron chi connectivity index (χ0n) is 15.2. The number of carbonyl (C=O) groups excluding carboxylic acids is 1. The van der Waals surface area contributed by atoms with Crippen molar-refractivity contribution in [2.24, 2.45) is 5.92 Å². The maximum atomic E-state index is 12.9. The molecule has 0 aromatic heterocycles. The Morgan fingerprint density at radius 3 is 2.73 bits per heavy atom. The summed E-state index contributed by atoms with van der Waals surface area (Å²) in [5.74, 6) is 2.49. The van der Waals surface area contributed by atoms with Crippen molar-refractivity contribution in [3.8, 4) is 11.5 Å². The van der Waals surface area contributed by atoms with Gasteiger partial charge in [0.2, 0.25) is 5.91 Å². The molecule has 1 aromatic rings. The van der Waals surface area contributed by atoms with E-state index in [4.69, 9.17) is 9.47 Å². The van der Waals surface area contributed by atoms with Crippen molar-refractivity contribution in [1.82, 2.24) is 15.1 Å². The molecule has 140 valence electrons. The van der Waals surface area contributed by atoms with Gasteiger partial charge in [0.15, 0.2) is 11.5 Å². The molecular formula is C20H27N3O3. The summed E-state index contributed by atoms with van der Waals surface area (Å²) in [6, 6.07) is 6.70. The Kier molecular flexibility index (Phi) is 4.25. The molecule has 3 atom stereocenters. The number of benzene rings is 1. The summed E-state index contributed by atoms with van der Waals surface area (Å²) in [4.78, 5) is 17.6. The van der Waals surface area contributed by atoms with E-state index in [2.05, 4.69) is 27.2 Å². The van der Waals surface area contributed by atoms with Gasteiger partial charge >= 0.3 is 0 Å². The fourth-order valence-electron chi connectivity index (χ4n) is 4.65. The molecule has 0 spiro atoms. The van der Waals surface area contributed by atoms with Gasteiger partial charge in [0.1, 0.15) is 13.2 Å². The maximum absolute atomic E-state index is 12.9. The molecule has 3 fully saturated rings. The first kappa shape index (κ1) is 16.4. The molecule has 0 radical (unpaired) electrons. The number of nitrogens with one attached hydrogen (secondary N) is 1. The normalized spacial score (nSPS) is 31.1. The topological polar surface area (TPSA) is 54.0 Å². The molecule has 0 bridgehead atoms. The third-order valence-corrected chi connectivity index (χ3v) is 6.25. The SMILES string of the molecule is O=C(C1CC1c1ccc2c(c1)OCCO2)N1CCC(N2CCNCC2)C1. The van der Waals surface area contributed by atoms with E-state index in [0.29, 0.717) is 31.1 Å². The van der Waals surface area contributed by atoms with E-state index in [1.807, 2.05) is 6.07 Å². The number of nitrogens with zero attached hydrogens (tertiary/aromatic N) is 2. The summed E-state index contributed by atoms with van der Waals surface area (Å²) in [5, 5.41) is 3.40. The van der Waals surface area contributed by atoms with E-state index in [9.17, 15) is 4.79 Å². The van der Waals surface area contributed by atoms with Crippen LogP contribution < -0.4 is 14.8 Å². The van der Waals surface area contributed by atoms with E-state index in [-0.39, 0.29) is 5.92 Å². The minimum Gasteiger partial charge on any atom is -0.486 e. The molecule has 3 heterocycles. The van der Waals surface area contributed by atoms with Crippen LogP contribution in [0.3, 0.4) is 0 Å². The molecule has 6 heteroatoms. The number of piperazine rings is 1. The summed E-state index contributed by atoms with van der Waals surface area (Å²) >= 11 is 0. The van der Waals surface area contributed by atoms with Gasteiger partial charge in [-0.05, 0) is 36.5 Å². The van der Waals surface area contributed by atoms with Crippen LogP contribution in [0.5, 0.6) is 11.5 Å². The van der Waals surface area contributed by atoms with Gasteiger partial charge in [0, 0.05) is 51.2 Å². The molecule has 1 aliphatic carbocycles. The van der Waals surface area contributed by atoms with Gasteiger partial charge in [-0.25, -0.2) is 0 Å². The standard InChI is InChI=1S/C20H27N3O3/c24-20(23-6-3-15(13-23)22-7-4-21-5-8-22)17-12-16(17)14-1-2-18-19(11-14)26-10-9-25-18/h1-2,11,15-17,21H,3-10,12-13H2. The quantitative estimate of drug-likeness (QED) is 0.877. The molecule has 6 nitrogen and oxygen atoms in total. The molecule has 1 saturated carbocycles. The second-order valence-corrected chi connectivity index (χ2v) is 7.86. The van der Waals surface area contributed by atoms with E-state index >= 15 is 0 Å². The van der Waals surface area contributed by atoms with Crippen LogP contribution in [0.15, 0.2) is 18.2 Å². The van der Waals surface area contributed by atoms with Crippen molar-refractivity contribution in [1.29, 1.82) is 0 Å². The smallest absolute Gasteiger partial charge is 0.226 e. The van der Waals surface area contributed by atoms with Crippen LogP contribution in [0.4, 0.5) is 0 Å². The van der Waals surface area contributed by atoms with Gasteiger partial charge in [0.05, 0.1) is 0 Å². The van der Waals surface area contributed by atoms with Crippen LogP contribution in [0.1, 0.15) is 24.3 Å². The van der Waals surface area contributed by atoms with Gasteiger partial charge < -0.3 is 19.7 Å². The number of likely N-dealkylation sites (tertiary alicyclic amines) is 1. The fourth-order valence-corrected chi connectivity index (χ4v) is 4.65. The maximum Gasteiger partial charge on any atom is 0.226 e.